The molecule has 0 unspecified atom stereocenters. The van der Waals surface area contributed by atoms with Gasteiger partial charge in [-0.25, -0.2) is 0 Å². The van der Waals surface area contributed by atoms with E-state index in [2.05, 4.69) is 0 Å². The molecule has 0 aliphatic carbocycles. The lowest BCUT2D eigenvalue weighted by Gasteiger charge is -2.24. The second-order valence-electron chi connectivity index (χ2n) is 4.27. The number of ketones is 1. The molecule has 0 bridgehead atoms. The van der Waals surface area contributed by atoms with Crippen molar-refractivity contribution in [1.82, 2.24) is 4.90 Å². The van der Waals surface area contributed by atoms with Crippen LogP contribution in [0.1, 0.15) is 29.6 Å². The van der Waals surface area contributed by atoms with E-state index in [0.29, 0.717) is 24.3 Å². The minimum atomic E-state index is -0.392. The van der Waals surface area contributed by atoms with Crippen molar-refractivity contribution >= 4 is 40.8 Å². The number of amides is 2. The van der Waals surface area contributed by atoms with Gasteiger partial charge in [-0.3, -0.25) is 19.3 Å². The van der Waals surface area contributed by atoms with Crippen molar-refractivity contribution < 1.29 is 14.4 Å². The van der Waals surface area contributed by atoms with Crippen LogP contribution in [0, 0.1) is 0 Å². The van der Waals surface area contributed by atoms with Gasteiger partial charge in [0.15, 0.2) is 5.78 Å². The number of carbonyl (C=O) groups is 3. The summed E-state index contributed by atoms with van der Waals surface area (Å²) in [5, 5.41) is 0.635. The predicted molar refractivity (Wildman–Crippen MR) is 71.4 cm³/mol. The Labute approximate surface area is 120 Å². The number of benzene rings is 1. The Morgan fingerprint density at radius 2 is 1.79 bits per heavy atom. The van der Waals surface area contributed by atoms with E-state index in [0.717, 1.165) is 4.90 Å². The Hall–Kier alpha value is -1.39. The van der Waals surface area contributed by atoms with Crippen LogP contribution in [0.5, 0.6) is 0 Å². The number of Topliss-reactive ketones (excluding diaryl/α,β-unsaturated/α-hetero) is 1. The van der Waals surface area contributed by atoms with E-state index < -0.39 is 5.78 Å². The van der Waals surface area contributed by atoms with Gasteiger partial charge in [0, 0.05) is 23.4 Å². The van der Waals surface area contributed by atoms with Crippen LogP contribution in [0.3, 0.4) is 0 Å². The van der Waals surface area contributed by atoms with Crippen molar-refractivity contribution in [1.29, 1.82) is 0 Å². The monoisotopic (exact) mass is 299 g/mol. The van der Waals surface area contributed by atoms with Crippen LogP contribution in [0.15, 0.2) is 18.2 Å². The Balaban J connectivity index is 2.18. The fourth-order valence-electron chi connectivity index (χ4n) is 1.92. The summed E-state index contributed by atoms with van der Waals surface area (Å²) < 4.78 is 0. The number of carbonyl (C=O) groups excluding carboxylic acids is 3. The number of nitrogens with zero attached hydrogens (tertiary/aromatic N) is 1. The molecule has 1 fully saturated rings. The first-order valence-corrected chi connectivity index (χ1v) is 6.56. The van der Waals surface area contributed by atoms with Gasteiger partial charge in [-0.15, -0.1) is 0 Å². The van der Waals surface area contributed by atoms with Crippen LogP contribution in [-0.4, -0.2) is 29.0 Å². The van der Waals surface area contributed by atoms with Crippen LogP contribution in [0.4, 0.5) is 0 Å². The first-order valence-electron chi connectivity index (χ1n) is 5.80. The molecule has 0 radical (unpaired) electrons. The SMILES string of the molecule is O=C(CN1C(=O)CCCC1=O)c1cc(Cl)ccc1Cl. The Kier molecular flexibility index (Phi) is 4.22. The third-order valence-electron chi connectivity index (χ3n) is 2.91. The van der Waals surface area contributed by atoms with Crippen molar-refractivity contribution in [3.05, 3.63) is 33.8 Å². The van der Waals surface area contributed by atoms with Crippen molar-refractivity contribution in [2.75, 3.05) is 6.54 Å². The second-order valence-corrected chi connectivity index (χ2v) is 5.12. The maximum atomic E-state index is 12.1. The van der Waals surface area contributed by atoms with E-state index in [-0.39, 0.29) is 28.9 Å². The first kappa shape index (κ1) is 14.0. The van der Waals surface area contributed by atoms with Gasteiger partial charge in [-0.05, 0) is 24.6 Å². The highest BCUT2D eigenvalue weighted by atomic mass is 35.5. The topological polar surface area (TPSA) is 54.5 Å². The normalized spacial score (nSPS) is 15.8. The molecular formula is C13H11Cl2NO3. The van der Waals surface area contributed by atoms with E-state index in [4.69, 9.17) is 23.2 Å². The smallest absolute Gasteiger partial charge is 0.229 e. The number of hydrogen-bond acceptors (Lipinski definition) is 3. The Bertz CT molecular complexity index is 541. The summed E-state index contributed by atoms with van der Waals surface area (Å²) in [4.78, 5) is 36.3. The van der Waals surface area contributed by atoms with E-state index in [1.54, 1.807) is 6.07 Å². The van der Waals surface area contributed by atoms with Gasteiger partial charge in [0.05, 0.1) is 11.6 Å². The van der Waals surface area contributed by atoms with Gasteiger partial charge >= 0.3 is 0 Å². The van der Waals surface area contributed by atoms with E-state index >= 15 is 0 Å². The van der Waals surface area contributed by atoms with Gasteiger partial charge in [0.2, 0.25) is 11.8 Å². The van der Waals surface area contributed by atoms with Crippen molar-refractivity contribution in [3.63, 3.8) is 0 Å². The van der Waals surface area contributed by atoms with Crippen LogP contribution in [-0.2, 0) is 9.59 Å². The number of halogens is 2. The lowest BCUT2D eigenvalue weighted by molar-refractivity contribution is -0.147. The lowest BCUT2D eigenvalue weighted by Crippen LogP contribution is -2.43. The van der Waals surface area contributed by atoms with Gasteiger partial charge in [0.1, 0.15) is 0 Å². The first-order chi connectivity index (χ1) is 8.99. The molecule has 1 aliphatic heterocycles. The van der Waals surface area contributed by atoms with Crippen LogP contribution >= 0.6 is 23.2 Å². The Morgan fingerprint density at radius 1 is 1.16 bits per heavy atom. The van der Waals surface area contributed by atoms with Crippen molar-refractivity contribution in [2.24, 2.45) is 0 Å². The maximum absolute atomic E-state index is 12.1. The molecular weight excluding hydrogens is 289 g/mol. The summed E-state index contributed by atoms with van der Waals surface area (Å²) in [6, 6.07) is 4.51. The zero-order chi connectivity index (χ0) is 14.0. The maximum Gasteiger partial charge on any atom is 0.229 e. The minimum absolute atomic E-state index is 0.223. The van der Waals surface area contributed by atoms with Crippen molar-refractivity contribution in [2.45, 2.75) is 19.3 Å². The highest BCUT2D eigenvalue weighted by Crippen LogP contribution is 2.22. The average Bonchev–Trinajstić information content (AvgIpc) is 2.37. The summed E-state index contributed by atoms with van der Waals surface area (Å²) in [6.07, 6.45) is 1.13. The average molecular weight is 300 g/mol. The number of rotatable bonds is 3. The molecule has 0 atom stereocenters. The zero-order valence-electron chi connectivity index (χ0n) is 9.99. The molecule has 6 heteroatoms. The lowest BCUT2D eigenvalue weighted by atomic mass is 10.1. The molecule has 0 spiro atoms. The third kappa shape index (κ3) is 3.14. The molecule has 2 rings (SSSR count). The molecule has 0 N–H and O–H groups in total. The van der Waals surface area contributed by atoms with E-state index in [1.165, 1.54) is 12.1 Å². The largest absolute Gasteiger partial charge is 0.292 e. The molecule has 19 heavy (non-hydrogen) atoms. The molecule has 0 saturated carbocycles. The second kappa shape index (κ2) is 5.72. The van der Waals surface area contributed by atoms with Crippen LogP contribution < -0.4 is 0 Å². The highest BCUT2D eigenvalue weighted by Gasteiger charge is 2.28. The summed E-state index contributed by atoms with van der Waals surface area (Å²) in [6.45, 7) is -0.280. The highest BCUT2D eigenvalue weighted by molar-refractivity contribution is 6.36. The van der Waals surface area contributed by atoms with E-state index in [9.17, 15) is 14.4 Å². The predicted octanol–water partition coefficient (Wildman–Crippen LogP) is 2.72. The number of piperidine rings is 1. The van der Waals surface area contributed by atoms with Crippen molar-refractivity contribution in [3.8, 4) is 0 Å². The minimum Gasteiger partial charge on any atom is -0.292 e. The van der Waals surface area contributed by atoms with Crippen LogP contribution in [0.2, 0.25) is 10.0 Å². The number of imide groups is 1. The standard InChI is InChI=1S/C13H11Cl2NO3/c14-8-4-5-10(15)9(6-8)11(17)7-16-12(18)2-1-3-13(16)19/h4-6H,1-3,7H2. The Morgan fingerprint density at radius 3 is 2.42 bits per heavy atom. The number of likely N-dealkylation sites (tertiary alicyclic amines) is 1. The van der Waals surface area contributed by atoms with Gasteiger partial charge in [0.25, 0.3) is 0 Å². The number of hydrogen-bond donors (Lipinski definition) is 0. The molecule has 100 valence electrons. The van der Waals surface area contributed by atoms with Gasteiger partial charge in [-0.2, -0.15) is 0 Å². The van der Waals surface area contributed by atoms with E-state index in [1.807, 2.05) is 0 Å². The molecule has 1 heterocycles. The van der Waals surface area contributed by atoms with Gasteiger partial charge in [-0.1, -0.05) is 23.2 Å². The van der Waals surface area contributed by atoms with Gasteiger partial charge < -0.3 is 0 Å². The molecule has 1 aromatic carbocycles. The molecule has 0 aromatic heterocycles. The summed E-state index contributed by atoms with van der Waals surface area (Å²) in [5.41, 5.74) is 0.223. The summed E-state index contributed by atoms with van der Waals surface area (Å²) >= 11 is 11.7. The fourth-order valence-corrected chi connectivity index (χ4v) is 2.31. The fraction of sp³-hybridized carbons (Fsp3) is 0.308. The molecule has 2 amide bonds. The molecule has 1 aliphatic rings. The third-order valence-corrected chi connectivity index (χ3v) is 3.48. The van der Waals surface area contributed by atoms with Crippen LogP contribution in [0.25, 0.3) is 0 Å². The summed E-state index contributed by atoms with van der Waals surface area (Å²) in [5.74, 6) is -1.03. The molecule has 4 nitrogen and oxygen atoms in total. The zero-order valence-corrected chi connectivity index (χ0v) is 11.5. The quantitative estimate of drug-likeness (QED) is 0.637. The molecule has 1 aromatic rings. The summed E-state index contributed by atoms with van der Waals surface area (Å²) in [7, 11) is 0. The molecule has 1 saturated heterocycles.